The number of ether oxygens (including phenoxy) is 1. The van der Waals surface area contributed by atoms with Gasteiger partial charge in [0.15, 0.2) is 11.6 Å². The van der Waals surface area contributed by atoms with Crippen LogP contribution in [0.1, 0.15) is 111 Å². The molecular weight excluding hydrogens is 448 g/mol. The molecule has 1 aliphatic heterocycles. The molecule has 0 aromatic carbocycles. The molecule has 5 aliphatic rings. The Balaban J connectivity index is 0.000000237. The van der Waals surface area contributed by atoms with Crippen LogP contribution in [-0.2, 0) is 14.3 Å². The van der Waals surface area contributed by atoms with E-state index in [1.54, 1.807) is 0 Å². The van der Waals surface area contributed by atoms with E-state index in [2.05, 4.69) is 32.9 Å². The highest BCUT2D eigenvalue weighted by Crippen LogP contribution is 2.68. The highest BCUT2D eigenvalue weighted by Gasteiger charge is 2.65. The molecule has 0 radical (unpaired) electrons. The smallest absolute Gasteiger partial charge is 0.161 e. The van der Waals surface area contributed by atoms with Gasteiger partial charge in [0.1, 0.15) is 6.61 Å². The van der Waals surface area contributed by atoms with E-state index in [1.165, 1.54) is 50.5 Å². The summed E-state index contributed by atoms with van der Waals surface area (Å²) in [5, 5.41) is 9.40. The lowest BCUT2D eigenvalue weighted by Crippen LogP contribution is -2.53. The van der Waals surface area contributed by atoms with E-state index in [0.29, 0.717) is 24.2 Å². The number of aliphatic hydroxyl groups excluding tert-OH is 1. The van der Waals surface area contributed by atoms with E-state index in [1.807, 2.05) is 6.08 Å². The summed E-state index contributed by atoms with van der Waals surface area (Å²) in [5.41, 5.74) is 1.44. The third kappa shape index (κ3) is 5.19. The van der Waals surface area contributed by atoms with Crippen LogP contribution in [-0.4, -0.2) is 36.0 Å². The van der Waals surface area contributed by atoms with Crippen LogP contribution in [0.25, 0.3) is 0 Å². The van der Waals surface area contributed by atoms with Crippen molar-refractivity contribution in [1.29, 1.82) is 0 Å². The molecule has 1 N–H and O–H groups in total. The maximum absolute atomic E-state index is 12.3. The van der Waals surface area contributed by atoms with E-state index in [4.69, 9.17) is 4.74 Å². The minimum Gasteiger partial charge on any atom is -0.389 e. The van der Waals surface area contributed by atoms with Crippen LogP contribution in [0, 0.1) is 34.5 Å². The van der Waals surface area contributed by atoms with Crippen molar-refractivity contribution in [2.24, 2.45) is 34.5 Å². The summed E-state index contributed by atoms with van der Waals surface area (Å²) in [7, 11) is 0. The number of carbonyl (C=O) groups is 2. The maximum atomic E-state index is 12.3. The first-order chi connectivity index (χ1) is 17.4. The monoisotopic (exact) mass is 498 g/mol. The third-order valence-corrected chi connectivity index (χ3v) is 10.7. The van der Waals surface area contributed by atoms with Gasteiger partial charge in [0, 0.05) is 17.8 Å². The Labute approximate surface area is 219 Å². The second kappa shape index (κ2) is 12.1. The summed E-state index contributed by atoms with van der Waals surface area (Å²) in [6.07, 6.45) is 23.1. The molecule has 3 unspecified atom stereocenters. The van der Waals surface area contributed by atoms with Crippen LogP contribution in [0.5, 0.6) is 0 Å². The fraction of sp³-hybridized carbons (Fsp3) is 0.812. The maximum Gasteiger partial charge on any atom is 0.161 e. The molecule has 0 amide bonds. The van der Waals surface area contributed by atoms with Crippen molar-refractivity contribution < 1.29 is 19.4 Å². The lowest BCUT2D eigenvalue weighted by atomic mass is 9.46. The second-order valence-corrected chi connectivity index (χ2v) is 12.6. The van der Waals surface area contributed by atoms with Crippen LogP contribution in [0.2, 0.25) is 0 Å². The van der Waals surface area contributed by atoms with Crippen LogP contribution in [0.3, 0.4) is 0 Å². The zero-order valence-electron chi connectivity index (χ0n) is 23.1. The highest BCUT2D eigenvalue weighted by molar-refractivity contribution is 5.92. The number of hydrogen-bond donors (Lipinski definition) is 1. The van der Waals surface area contributed by atoms with Gasteiger partial charge in [-0.25, -0.2) is 0 Å². The quantitative estimate of drug-likeness (QED) is 0.275. The lowest BCUT2D eigenvalue weighted by molar-refractivity contribution is -0.132. The molecule has 1 saturated heterocycles. The molecule has 36 heavy (non-hydrogen) atoms. The Morgan fingerprint density at radius 3 is 2.64 bits per heavy atom. The van der Waals surface area contributed by atoms with Gasteiger partial charge in [-0.1, -0.05) is 58.1 Å². The predicted molar refractivity (Wildman–Crippen MR) is 145 cm³/mol. The average Bonchev–Trinajstić information content (AvgIpc) is 3.37. The number of unbranched alkanes of at least 4 members (excludes halogenated alkanes) is 6. The first kappa shape index (κ1) is 27.8. The molecule has 4 nitrogen and oxygen atoms in total. The van der Waals surface area contributed by atoms with Crippen LogP contribution < -0.4 is 0 Å². The minimum atomic E-state index is -0.314. The molecule has 202 valence electrons. The van der Waals surface area contributed by atoms with Gasteiger partial charge in [-0.3, -0.25) is 9.59 Å². The van der Waals surface area contributed by atoms with E-state index < -0.39 is 0 Å². The molecule has 4 aliphatic carbocycles. The fourth-order valence-electron chi connectivity index (χ4n) is 8.89. The van der Waals surface area contributed by atoms with Gasteiger partial charge < -0.3 is 9.84 Å². The summed E-state index contributed by atoms with van der Waals surface area (Å²) >= 11 is 0. The molecule has 0 aromatic heterocycles. The van der Waals surface area contributed by atoms with Crippen molar-refractivity contribution >= 4 is 11.6 Å². The van der Waals surface area contributed by atoms with E-state index >= 15 is 0 Å². The first-order valence-electron chi connectivity index (χ1n) is 15.0. The Morgan fingerprint density at radius 1 is 1.11 bits per heavy atom. The van der Waals surface area contributed by atoms with Crippen molar-refractivity contribution in [3.63, 3.8) is 0 Å². The molecule has 4 fully saturated rings. The molecule has 0 spiro atoms. The standard InChI is InChI=1S/C21H28O4.C11H22/c1-20-6-5-15-13(14(20)2-3-16(20)18(24)10-22)9-19-17-8-12(23)4-7-21(15,17)11-25-19;1-3-5-7-9-11-10-8-6-4-2/h8,13-16,19,22H,2-7,9-11H2,1H3;3,5H,4,6-11H2,1-2H3/t13?,14?,15?,16-,19-,20+,21+;/m1./s1. The van der Waals surface area contributed by atoms with Crippen molar-refractivity contribution in [2.45, 2.75) is 117 Å². The number of Topliss-reactive ketones (excluding diaryl/α,β-unsaturated/α-hetero) is 1. The fourth-order valence-corrected chi connectivity index (χ4v) is 8.89. The normalized spacial score (nSPS) is 38.6. The molecule has 5 rings (SSSR count). The molecule has 0 aromatic rings. The zero-order valence-corrected chi connectivity index (χ0v) is 23.1. The number of ketones is 2. The largest absolute Gasteiger partial charge is 0.389 e. The van der Waals surface area contributed by atoms with Gasteiger partial charge in [0.25, 0.3) is 0 Å². The topological polar surface area (TPSA) is 63.6 Å². The summed E-state index contributed by atoms with van der Waals surface area (Å²) in [6, 6.07) is 0. The SMILES string of the molecule is CC=CCCCCCCCC.C[C@]12CCC3C(C[C@H]4OC[C@@]35CCC(=O)C=C45)C1CC[C@@H]2C(=O)CO. The molecule has 4 heteroatoms. The average molecular weight is 499 g/mol. The van der Waals surface area contributed by atoms with Crippen LogP contribution >= 0.6 is 0 Å². The van der Waals surface area contributed by atoms with Crippen molar-refractivity contribution in [1.82, 2.24) is 0 Å². The van der Waals surface area contributed by atoms with Crippen LogP contribution in [0.15, 0.2) is 23.8 Å². The molecule has 1 heterocycles. The second-order valence-electron chi connectivity index (χ2n) is 12.6. The van der Waals surface area contributed by atoms with E-state index in [0.717, 1.165) is 45.1 Å². The molecule has 3 saturated carbocycles. The summed E-state index contributed by atoms with van der Waals surface area (Å²) in [6.45, 7) is 7.14. The Hall–Kier alpha value is -1.26. The van der Waals surface area contributed by atoms with Crippen molar-refractivity contribution in [2.75, 3.05) is 13.2 Å². The van der Waals surface area contributed by atoms with Gasteiger partial charge in [0.2, 0.25) is 0 Å². The van der Waals surface area contributed by atoms with Gasteiger partial charge in [-0.05, 0) is 93.1 Å². The third-order valence-electron chi connectivity index (χ3n) is 10.7. The number of fused-ring (bicyclic) bond motifs is 3. The number of aliphatic hydroxyl groups is 1. The van der Waals surface area contributed by atoms with E-state index in [-0.39, 0.29) is 41.0 Å². The van der Waals surface area contributed by atoms with Gasteiger partial charge >= 0.3 is 0 Å². The van der Waals surface area contributed by atoms with Gasteiger partial charge in [-0.2, -0.15) is 0 Å². The van der Waals surface area contributed by atoms with Gasteiger partial charge in [0.05, 0.1) is 12.7 Å². The summed E-state index contributed by atoms with van der Waals surface area (Å²) in [5.74, 6) is 2.12. The summed E-state index contributed by atoms with van der Waals surface area (Å²) in [4.78, 5) is 24.3. The summed E-state index contributed by atoms with van der Waals surface area (Å²) < 4.78 is 6.20. The zero-order chi connectivity index (χ0) is 25.8. The predicted octanol–water partition coefficient (Wildman–Crippen LogP) is 7.00. The Morgan fingerprint density at radius 2 is 1.89 bits per heavy atom. The number of hydrogen-bond acceptors (Lipinski definition) is 4. The van der Waals surface area contributed by atoms with Crippen molar-refractivity contribution in [3.05, 3.63) is 23.8 Å². The minimum absolute atomic E-state index is 0.0318. The molecular formula is C32H50O4. The van der Waals surface area contributed by atoms with E-state index in [9.17, 15) is 14.7 Å². The lowest BCUT2D eigenvalue weighted by Gasteiger charge is -2.56. The molecule has 2 bridgehead atoms. The Kier molecular flexibility index (Phi) is 9.31. The number of allylic oxidation sites excluding steroid dienone is 2. The van der Waals surface area contributed by atoms with Gasteiger partial charge in [-0.15, -0.1) is 0 Å². The molecule has 7 atom stereocenters. The van der Waals surface area contributed by atoms with Crippen molar-refractivity contribution in [3.8, 4) is 0 Å². The first-order valence-corrected chi connectivity index (χ1v) is 15.0. The number of carbonyl (C=O) groups excluding carboxylic acids is 2. The Bertz CT molecular complexity index is 843. The number of rotatable bonds is 9. The highest BCUT2D eigenvalue weighted by atomic mass is 16.5. The van der Waals surface area contributed by atoms with Crippen LogP contribution in [0.4, 0.5) is 0 Å².